The van der Waals surface area contributed by atoms with Gasteiger partial charge in [-0.3, -0.25) is 4.79 Å². The number of hydrogen-bond donors (Lipinski definition) is 0. The van der Waals surface area contributed by atoms with Crippen LogP contribution in [-0.4, -0.2) is 34.7 Å². The van der Waals surface area contributed by atoms with Gasteiger partial charge in [0.05, 0.1) is 19.8 Å². The molecule has 0 atom stereocenters. The number of methoxy groups -OCH3 is 4. The minimum absolute atomic E-state index is 0.391. The van der Waals surface area contributed by atoms with Gasteiger partial charge in [-0.15, -0.1) is 0 Å². The van der Waals surface area contributed by atoms with Crippen molar-refractivity contribution in [1.82, 2.24) is 0 Å². The summed E-state index contributed by atoms with van der Waals surface area (Å²) < 4.78 is 20.5. The first kappa shape index (κ1) is 13.5. The van der Waals surface area contributed by atoms with Crippen LogP contribution in [0.5, 0.6) is 11.5 Å². The second-order valence-corrected chi connectivity index (χ2v) is 3.25. The third-order valence-electron chi connectivity index (χ3n) is 2.40. The number of carbonyl (C=O) groups is 1. The van der Waals surface area contributed by atoms with E-state index >= 15 is 0 Å². The van der Waals surface area contributed by atoms with Crippen LogP contribution >= 0.6 is 0 Å². The number of aldehydes is 1. The van der Waals surface area contributed by atoms with Crippen molar-refractivity contribution in [3.05, 3.63) is 23.3 Å². The lowest BCUT2D eigenvalue weighted by Crippen LogP contribution is -2.08. The van der Waals surface area contributed by atoms with Gasteiger partial charge < -0.3 is 18.9 Å². The molecule has 1 aromatic rings. The molecule has 0 heterocycles. The maximum Gasteiger partial charge on any atom is 0.184 e. The van der Waals surface area contributed by atoms with Crippen LogP contribution in [0.15, 0.2) is 12.1 Å². The normalized spacial score (nSPS) is 10.4. The molecular weight excluding hydrogens is 224 g/mol. The van der Waals surface area contributed by atoms with Crippen molar-refractivity contribution in [3.8, 4) is 11.5 Å². The second kappa shape index (κ2) is 6.22. The maximum absolute atomic E-state index is 11.1. The Kier molecular flexibility index (Phi) is 4.93. The highest BCUT2D eigenvalue weighted by atomic mass is 16.7. The van der Waals surface area contributed by atoms with E-state index in [-0.39, 0.29) is 0 Å². The van der Waals surface area contributed by atoms with Gasteiger partial charge in [-0.25, -0.2) is 0 Å². The molecule has 0 saturated carbocycles. The summed E-state index contributed by atoms with van der Waals surface area (Å²) in [6.07, 6.45) is 0.0674. The summed E-state index contributed by atoms with van der Waals surface area (Å²) in [5.74, 6) is 0.995. The van der Waals surface area contributed by atoms with Gasteiger partial charge in [-0.1, -0.05) is 0 Å². The predicted molar refractivity (Wildman–Crippen MR) is 61.7 cm³/mol. The highest BCUT2D eigenvalue weighted by molar-refractivity contribution is 5.82. The molecule has 17 heavy (non-hydrogen) atoms. The summed E-state index contributed by atoms with van der Waals surface area (Å²) in [6.45, 7) is 0. The molecule has 0 amide bonds. The Morgan fingerprint density at radius 3 is 2.12 bits per heavy atom. The van der Waals surface area contributed by atoms with E-state index in [1.807, 2.05) is 0 Å². The smallest absolute Gasteiger partial charge is 0.184 e. The van der Waals surface area contributed by atoms with Gasteiger partial charge in [0.25, 0.3) is 0 Å². The van der Waals surface area contributed by atoms with Crippen molar-refractivity contribution in [3.63, 3.8) is 0 Å². The van der Waals surface area contributed by atoms with Crippen LogP contribution in [0.4, 0.5) is 0 Å². The van der Waals surface area contributed by atoms with Crippen molar-refractivity contribution < 1.29 is 23.7 Å². The molecule has 0 aliphatic rings. The van der Waals surface area contributed by atoms with Gasteiger partial charge in [0.1, 0.15) is 11.5 Å². The Balaban J connectivity index is 3.37. The molecule has 0 N–H and O–H groups in total. The fraction of sp³-hybridized carbons (Fsp3) is 0.417. The molecular formula is C12H16O5. The second-order valence-electron chi connectivity index (χ2n) is 3.25. The lowest BCUT2D eigenvalue weighted by atomic mass is 10.1. The molecule has 0 fully saturated rings. The quantitative estimate of drug-likeness (QED) is 0.560. The summed E-state index contributed by atoms with van der Waals surface area (Å²) in [7, 11) is 6.01. The molecule has 1 aromatic carbocycles. The lowest BCUT2D eigenvalue weighted by Gasteiger charge is -2.18. The molecule has 5 nitrogen and oxygen atoms in total. The zero-order valence-corrected chi connectivity index (χ0v) is 10.4. The van der Waals surface area contributed by atoms with Crippen molar-refractivity contribution in [2.45, 2.75) is 6.29 Å². The number of carbonyl (C=O) groups excluding carboxylic acids is 1. The van der Waals surface area contributed by atoms with Gasteiger partial charge in [0.15, 0.2) is 12.6 Å². The Morgan fingerprint density at radius 2 is 1.71 bits per heavy atom. The van der Waals surface area contributed by atoms with Gasteiger partial charge in [0.2, 0.25) is 0 Å². The number of rotatable bonds is 6. The highest BCUT2D eigenvalue weighted by Gasteiger charge is 2.19. The number of hydrogen-bond acceptors (Lipinski definition) is 5. The molecule has 0 radical (unpaired) electrons. The minimum atomic E-state index is -0.640. The summed E-state index contributed by atoms with van der Waals surface area (Å²) in [5, 5.41) is 0. The minimum Gasteiger partial charge on any atom is -0.497 e. The van der Waals surface area contributed by atoms with Crippen molar-refractivity contribution >= 4 is 6.29 Å². The van der Waals surface area contributed by atoms with Gasteiger partial charge >= 0.3 is 0 Å². The third kappa shape index (κ3) is 2.75. The Bertz CT molecular complexity index is 385. The Morgan fingerprint density at radius 1 is 1.06 bits per heavy atom. The Hall–Kier alpha value is -1.59. The summed E-state index contributed by atoms with van der Waals surface area (Å²) in [5.41, 5.74) is 0.961. The van der Waals surface area contributed by atoms with Crippen LogP contribution in [-0.2, 0) is 9.47 Å². The molecule has 0 aromatic heterocycles. The summed E-state index contributed by atoms with van der Waals surface area (Å²) in [4.78, 5) is 11.1. The molecule has 0 aliphatic carbocycles. The first-order chi connectivity index (χ1) is 8.21. The summed E-state index contributed by atoms with van der Waals surface area (Å²) in [6, 6.07) is 3.32. The molecule has 0 spiro atoms. The van der Waals surface area contributed by atoms with Crippen LogP contribution in [0, 0.1) is 0 Å². The van der Waals surface area contributed by atoms with Crippen molar-refractivity contribution in [1.29, 1.82) is 0 Å². The van der Waals surface area contributed by atoms with E-state index in [2.05, 4.69) is 0 Å². The molecule has 0 bridgehead atoms. The molecule has 0 aliphatic heterocycles. The van der Waals surface area contributed by atoms with Crippen molar-refractivity contribution in [2.24, 2.45) is 0 Å². The fourth-order valence-electron chi connectivity index (χ4n) is 1.58. The zero-order valence-electron chi connectivity index (χ0n) is 10.4. The van der Waals surface area contributed by atoms with Gasteiger partial charge in [-0.2, -0.15) is 0 Å². The largest absolute Gasteiger partial charge is 0.497 e. The number of benzene rings is 1. The molecule has 0 unspecified atom stereocenters. The standard InChI is InChI=1S/C12H16O5/c1-14-8-5-9(12(16-3)17-4)10(7-13)11(6-8)15-2/h5-7,12H,1-4H3. The van der Waals surface area contributed by atoms with Crippen LogP contribution in [0.1, 0.15) is 22.2 Å². The number of ether oxygens (including phenoxy) is 4. The van der Waals surface area contributed by atoms with Gasteiger partial charge in [0, 0.05) is 25.8 Å². The van der Waals surface area contributed by atoms with Gasteiger partial charge in [-0.05, 0) is 6.07 Å². The van der Waals surface area contributed by atoms with E-state index < -0.39 is 6.29 Å². The summed E-state index contributed by atoms with van der Waals surface area (Å²) >= 11 is 0. The highest BCUT2D eigenvalue weighted by Crippen LogP contribution is 2.32. The predicted octanol–water partition coefficient (Wildman–Crippen LogP) is 1.81. The van der Waals surface area contributed by atoms with E-state index in [1.54, 1.807) is 12.1 Å². The SMILES string of the molecule is COc1cc(OC)c(C=O)c(C(OC)OC)c1. The van der Waals surface area contributed by atoms with Crippen molar-refractivity contribution in [2.75, 3.05) is 28.4 Å². The van der Waals surface area contributed by atoms with E-state index in [1.165, 1.54) is 28.4 Å². The third-order valence-corrected chi connectivity index (χ3v) is 2.40. The van der Waals surface area contributed by atoms with E-state index in [0.717, 1.165) is 0 Å². The van der Waals surface area contributed by atoms with E-state index in [9.17, 15) is 4.79 Å². The zero-order chi connectivity index (χ0) is 12.8. The average molecular weight is 240 g/mol. The van der Waals surface area contributed by atoms with Crippen LogP contribution in [0.2, 0.25) is 0 Å². The van der Waals surface area contributed by atoms with Crippen LogP contribution in [0.25, 0.3) is 0 Å². The van der Waals surface area contributed by atoms with E-state index in [0.29, 0.717) is 28.9 Å². The fourth-order valence-corrected chi connectivity index (χ4v) is 1.58. The Labute approximate surface area is 100 Å². The van der Waals surface area contributed by atoms with Crippen LogP contribution in [0.3, 0.4) is 0 Å². The lowest BCUT2D eigenvalue weighted by molar-refractivity contribution is -0.106. The topological polar surface area (TPSA) is 54.0 Å². The molecule has 94 valence electrons. The monoisotopic (exact) mass is 240 g/mol. The van der Waals surface area contributed by atoms with Crippen LogP contribution < -0.4 is 9.47 Å². The maximum atomic E-state index is 11.1. The van der Waals surface area contributed by atoms with E-state index in [4.69, 9.17) is 18.9 Å². The molecule has 1 rings (SSSR count). The first-order valence-corrected chi connectivity index (χ1v) is 4.98. The molecule has 0 saturated heterocycles. The molecule has 5 heteroatoms. The average Bonchev–Trinajstić information content (AvgIpc) is 2.39. The first-order valence-electron chi connectivity index (χ1n) is 4.98.